The molecule has 1 atom stereocenters. The summed E-state index contributed by atoms with van der Waals surface area (Å²) >= 11 is 0. The quantitative estimate of drug-likeness (QED) is 0.763. The van der Waals surface area contributed by atoms with Crippen molar-refractivity contribution < 1.29 is 17.9 Å². The lowest BCUT2D eigenvalue weighted by molar-refractivity contribution is 0.413. The molecule has 7 heteroatoms. The largest absolute Gasteiger partial charge is 0.497 e. The fourth-order valence-electron chi connectivity index (χ4n) is 1.97. The van der Waals surface area contributed by atoms with Crippen LogP contribution in [-0.4, -0.2) is 28.1 Å². The fraction of sp³-hybridized carbons (Fsp3) is 0.294. The molecule has 0 amide bonds. The van der Waals surface area contributed by atoms with Gasteiger partial charge in [0.1, 0.15) is 17.2 Å². The van der Waals surface area contributed by atoms with E-state index in [0.29, 0.717) is 24.5 Å². The van der Waals surface area contributed by atoms with Crippen LogP contribution in [0.5, 0.6) is 17.2 Å². The van der Waals surface area contributed by atoms with Crippen molar-refractivity contribution in [3.05, 3.63) is 48.5 Å². The number of rotatable bonds is 8. The molecule has 0 saturated heterocycles. The van der Waals surface area contributed by atoms with Crippen molar-refractivity contribution in [2.75, 3.05) is 13.7 Å². The summed E-state index contributed by atoms with van der Waals surface area (Å²) in [5.41, 5.74) is 5.61. The zero-order valence-corrected chi connectivity index (χ0v) is 14.5. The minimum Gasteiger partial charge on any atom is -0.497 e. The van der Waals surface area contributed by atoms with Gasteiger partial charge in [0.15, 0.2) is 0 Å². The topological polar surface area (TPSA) is 90.6 Å². The van der Waals surface area contributed by atoms with E-state index >= 15 is 0 Å². The van der Waals surface area contributed by atoms with Crippen molar-refractivity contribution in [1.82, 2.24) is 4.72 Å². The highest BCUT2D eigenvalue weighted by Gasteiger charge is 2.13. The Morgan fingerprint density at radius 3 is 2.00 bits per heavy atom. The zero-order chi connectivity index (χ0) is 17.6. The maximum Gasteiger partial charge on any atom is 0.240 e. The van der Waals surface area contributed by atoms with Crippen LogP contribution in [0.15, 0.2) is 53.4 Å². The van der Waals surface area contributed by atoms with Crippen molar-refractivity contribution >= 4 is 10.0 Å². The number of nitrogens with one attached hydrogen (secondary N) is 1. The highest BCUT2D eigenvalue weighted by molar-refractivity contribution is 7.89. The molecular formula is C17H22N2O4S. The molecule has 0 spiro atoms. The van der Waals surface area contributed by atoms with E-state index in [9.17, 15) is 8.42 Å². The van der Waals surface area contributed by atoms with Crippen LogP contribution in [0.1, 0.15) is 13.3 Å². The van der Waals surface area contributed by atoms with Crippen molar-refractivity contribution in [2.24, 2.45) is 5.73 Å². The van der Waals surface area contributed by atoms with Gasteiger partial charge >= 0.3 is 0 Å². The zero-order valence-electron chi connectivity index (χ0n) is 13.7. The molecule has 130 valence electrons. The first-order chi connectivity index (χ1) is 11.4. The highest BCUT2D eigenvalue weighted by Crippen LogP contribution is 2.24. The molecule has 0 aromatic heterocycles. The maximum atomic E-state index is 12.1. The second-order valence-electron chi connectivity index (χ2n) is 5.41. The van der Waals surface area contributed by atoms with Crippen LogP contribution < -0.4 is 19.9 Å². The Labute approximate surface area is 142 Å². The van der Waals surface area contributed by atoms with Gasteiger partial charge in [0.2, 0.25) is 10.0 Å². The molecule has 2 aromatic carbocycles. The van der Waals surface area contributed by atoms with Gasteiger partial charge in [-0.15, -0.1) is 0 Å². The summed E-state index contributed by atoms with van der Waals surface area (Å²) in [6.45, 7) is 2.14. The highest BCUT2D eigenvalue weighted by atomic mass is 32.2. The summed E-state index contributed by atoms with van der Waals surface area (Å²) in [7, 11) is -1.94. The molecule has 0 aliphatic rings. The van der Waals surface area contributed by atoms with E-state index in [1.54, 1.807) is 43.5 Å². The second kappa shape index (κ2) is 8.14. The molecule has 2 rings (SSSR count). The molecule has 0 fully saturated rings. The van der Waals surface area contributed by atoms with Gasteiger partial charge < -0.3 is 15.2 Å². The minimum absolute atomic E-state index is 0.0482. The molecule has 0 aliphatic carbocycles. The molecule has 6 nitrogen and oxygen atoms in total. The third kappa shape index (κ3) is 5.23. The van der Waals surface area contributed by atoms with Crippen LogP contribution in [0.3, 0.4) is 0 Å². The summed E-state index contributed by atoms with van der Waals surface area (Å²) in [6.07, 6.45) is 0.581. The molecule has 2 aromatic rings. The van der Waals surface area contributed by atoms with Gasteiger partial charge in [-0.25, -0.2) is 13.1 Å². The Hall–Kier alpha value is -2.09. The first-order valence-electron chi connectivity index (χ1n) is 7.58. The third-order valence-corrected chi connectivity index (χ3v) is 4.80. The van der Waals surface area contributed by atoms with E-state index in [2.05, 4.69) is 4.72 Å². The molecular weight excluding hydrogens is 328 g/mol. The van der Waals surface area contributed by atoms with Crippen LogP contribution in [0.2, 0.25) is 0 Å². The monoisotopic (exact) mass is 350 g/mol. The first-order valence-corrected chi connectivity index (χ1v) is 9.06. The molecule has 0 heterocycles. The van der Waals surface area contributed by atoms with E-state index in [4.69, 9.17) is 15.2 Å². The van der Waals surface area contributed by atoms with Crippen LogP contribution in [0.25, 0.3) is 0 Å². The lowest BCUT2D eigenvalue weighted by atomic mass is 10.3. The van der Waals surface area contributed by atoms with Crippen molar-refractivity contribution in [3.63, 3.8) is 0 Å². The van der Waals surface area contributed by atoms with Crippen molar-refractivity contribution in [3.8, 4) is 17.2 Å². The predicted octanol–water partition coefficient (Wildman–Crippen LogP) is 2.50. The summed E-state index contributed by atoms with van der Waals surface area (Å²) in [5, 5.41) is 0. The van der Waals surface area contributed by atoms with Gasteiger partial charge in [0, 0.05) is 12.6 Å². The fourth-order valence-corrected chi connectivity index (χ4v) is 3.02. The third-order valence-electron chi connectivity index (χ3n) is 3.32. The lowest BCUT2D eigenvalue weighted by Gasteiger charge is -2.10. The number of hydrogen-bond donors (Lipinski definition) is 2. The number of methoxy groups -OCH3 is 1. The molecule has 0 bridgehead atoms. The molecule has 24 heavy (non-hydrogen) atoms. The van der Waals surface area contributed by atoms with Gasteiger partial charge in [-0.1, -0.05) is 0 Å². The van der Waals surface area contributed by atoms with Crippen LogP contribution in [-0.2, 0) is 10.0 Å². The van der Waals surface area contributed by atoms with E-state index in [0.717, 1.165) is 5.75 Å². The number of benzene rings is 2. The predicted molar refractivity (Wildman–Crippen MR) is 93.0 cm³/mol. The minimum atomic E-state index is -3.53. The Bertz CT molecular complexity index is 741. The summed E-state index contributed by atoms with van der Waals surface area (Å²) in [5.74, 6) is 1.93. The summed E-state index contributed by atoms with van der Waals surface area (Å²) < 4.78 is 37.6. The van der Waals surface area contributed by atoms with E-state index < -0.39 is 10.0 Å². The smallest absolute Gasteiger partial charge is 0.240 e. The maximum absolute atomic E-state index is 12.1. The average Bonchev–Trinajstić information content (AvgIpc) is 2.55. The second-order valence-corrected chi connectivity index (χ2v) is 7.18. The van der Waals surface area contributed by atoms with Gasteiger partial charge in [-0.3, -0.25) is 0 Å². The molecule has 0 saturated carbocycles. The lowest BCUT2D eigenvalue weighted by Crippen LogP contribution is -2.29. The molecule has 0 aliphatic heterocycles. The normalized spacial score (nSPS) is 12.6. The molecule has 3 N–H and O–H groups in total. The number of hydrogen-bond acceptors (Lipinski definition) is 5. The Balaban J connectivity index is 2.01. The van der Waals surface area contributed by atoms with E-state index in [-0.39, 0.29) is 10.9 Å². The van der Waals surface area contributed by atoms with Gasteiger partial charge in [0.25, 0.3) is 0 Å². The Morgan fingerprint density at radius 1 is 1.00 bits per heavy atom. The average molecular weight is 350 g/mol. The number of nitrogens with two attached hydrogens (primary N) is 1. The Kier molecular flexibility index (Phi) is 6.19. The van der Waals surface area contributed by atoms with Crippen LogP contribution >= 0.6 is 0 Å². The number of sulfonamides is 1. The molecule has 1 unspecified atom stereocenters. The van der Waals surface area contributed by atoms with Gasteiger partial charge in [-0.05, 0) is 61.9 Å². The van der Waals surface area contributed by atoms with Crippen LogP contribution in [0.4, 0.5) is 0 Å². The summed E-state index contributed by atoms with van der Waals surface area (Å²) in [4.78, 5) is 0.189. The standard InChI is InChI=1S/C17H22N2O4S/c1-13(18)11-12-19-24(20,21)17-9-7-16(8-10-17)23-15-5-3-14(22-2)4-6-15/h3-10,13,19H,11-12,18H2,1-2H3. The number of ether oxygens (including phenoxy) is 2. The van der Waals surface area contributed by atoms with Gasteiger partial charge in [-0.2, -0.15) is 0 Å². The SMILES string of the molecule is COc1ccc(Oc2ccc(S(=O)(=O)NCCC(C)N)cc2)cc1. The van der Waals surface area contributed by atoms with Crippen LogP contribution in [0, 0.1) is 0 Å². The van der Waals surface area contributed by atoms with Crippen molar-refractivity contribution in [1.29, 1.82) is 0 Å². The van der Waals surface area contributed by atoms with Crippen molar-refractivity contribution in [2.45, 2.75) is 24.3 Å². The van der Waals surface area contributed by atoms with E-state index in [1.807, 2.05) is 6.92 Å². The Morgan fingerprint density at radius 2 is 1.50 bits per heavy atom. The first kappa shape index (κ1) is 18.3. The van der Waals surface area contributed by atoms with Gasteiger partial charge in [0.05, 0.1) is 12.0 Å². The molecule has 0 radical (unpaired) electrons. The van der Waals surface area contributed by atoms with E-state index in [1.165, 1.54) is 12.1 Å². The summed E-state index contributed by atoms with van der Waals surface area (Å²) in [6, 6.07) is 13.3.